The molecule has 0 aromatic heterocycles. The summed E-state index contributed by atoms with van der Waals surface area (Å²) in [6.07, 6.45) is 0.870. The van der Waals surface area contributed by atoms with Gasteiger partial charge in [-0.3, -0.25) is 0 Å². The second-order valence-electron chi connectivity index (χ2n) is 5.27. The van der Waals surface area contributed by atoms with Crippen molar-refractivity contribution in [2.75, 3.05) is 13.1 Å². The predicted octanol–water partition coefficient (Wildman–Crippen LogP) is 2.21. The maximum Gasteiger partial charge on any atom is 0.329 e. The lowest BCUT2D eigenvalue weighted by Gasteiger charge is -2.32. The number of carbonyl (C=O) groups is 2. The van der Waals surface area contributed by atoms with E-state index in [1.807, 2.05) is 19.9 Å². The Kier molecular flexibility index (Phi) is 7.67. The molecule has 0 fully saturated rings. The van der Waals surface area contributed by atoms with Crippen LogP contribution in [0.2, 0.25) is 0 Å². The molecule has 2 N–H and O–H groups in total. The van der Waals surface area contributed by atoms with Crippen LogP contribution < -0.4 is 5.32 Å². The van der Waals surface area contributed by atoms with Crippen molar-refractivity contribution in [3.63, 3.8) is 0 Å². The lowest BCUT2D eigenvalue weighted by atomic mass is 9.93. The molecule has 0 aliphatic heterocycles. The summed E-state index contributed by atoms with van der Waals surface area (Å²) in [6.45, 7) is 8.22. The maximum atomic E-state index is 12.3. The molecular weight excluding hydrogens is 258 g/mol. The number of amides is 2. The molecule has 0 aromatic carbocycles. The van der Waals surface area contributed by atoms with Crippen molar-refractivity contribution in [2.45, 2.75) is 52.5 Å². The quantitative estimate of drug-likeness (QED) is 0.714. The van der Waals surface area contributed by atoms with Crippen molar-refractivity contribution in [1.29, 1.82) is 5.26 Å². The zero-order valence-electron chi connectivity index (χ0n) is 12.8. The number of hydrogen-bond donors (Lipinski definition) is 2. The second kappa shape index (κ2) is 8.41. The van der Waals surface area contributed by atoms with Crippen LogP contribution in [0, 0.1) is 17.2 Å². The van der Waals surface area contributed by atoms with Crippen LogP contribution in [0.5, 0.6) is 0 Å². The summed E-state index contributed by atoms with van der Waals surface area (Å²) in [5.74, 6) is -0.775. The van der Waals surface area contributed by atoms with Gasteiger partial charge in [-0.25, -0.2) is 9.59 Å². The van der Waals surface area contributed by atoms with Crippen LogP contribution in [-0.2, 0) is 4.79 Å². The van der Waals surface area contributed by atoms with Gasteiger partial charge in [-0.1, -0.05) is 27.7 Å². The summed E-state index contributed by atoms with van der Waals surface area (Å²) in [7, 11) is 0. The van der Waals surface area contributed by atoms with E-state index in [1.54, 1.807) is 13.8 Å². The average Bonchev–Trinajstić information content (AvgIpc) is 2.39. The molecule has 20 heavy (non-hydrogen) atoms. The van der Waals surface area contributed by atoms with E-state index < -0.39 is 17.5 Å². The maximum absolute atomic E-state index is 12.3. The van der Waals surface area contributed by atoms with Crippen LogP contribution in [0.1, 0.15) is 47.0 Å². The minimum absolute atomic E-state index is 0.235. The first-order chi connectivity index (χ1) is 9.32. The molecule has 0 radical (unpaired) electrons. The summed E-state index contributed by atoms with van der Waals surface area (Å²) >= 11 is 0. The van der Waals surface area contributed by atoms with Crippen LogP contribution >= 0.6 is 0 Å². The summed E-state index contributed by atoms with van der Waals surface area (Å²) in [5.41, 5.74) is -1.24. The van der Waals surface area contributed by atoms with Gasteiger partial charge in [0.15, 0.2) is 0 Å². The van der Waals surface area contributed by atoms with Crippen LogP contribution in [0.25, 0.3) is 0 Å². The Morgan fingerprint density at radius 1 is 1.35 bits per heavy atom. The molecular formula is C14H25N3O3. The van der Waals surface area contributed by atoms with Gasteiger partial charge >= 0.3 is 12.0 Å². The monoisotopic (exact) mass is 283 g/mol. The van der Waals surface area contributed by atoms with Crippen molar-refractivity contribution >= 4 is 12.0 Å². The van der Waals surface area contributed by atoms with Gasteiger partial charge in [0.05, 0.1) is 12.5 Å². The minimum atomic E-state index is -1.24. The van der Waals surface area contributed by atoms with E-state index in [1.165, 1.54) is 4.90 Å². The summed E-state index contributed by atoms with van der Waals surface area (Å²) in [5, 5.41) is 20.6. The van der Waals surface area contributed by atoms with Gasteiger partial charge < -0.3 is 15.3 Å². The number of rotatable bonds is 8. The molecule has 2 amide bonds. The first-order valence-corrected chi connectivity index (χ1v) is 7.00. The topological polar surface area (TPSA) is 93.4 Å². The number of carboxylic acid groups (broad SMARTS) is 1. The van der Waals surface area contributed by atoms with Crippen LogP contribution in [0.4, 0.5) is 4.79 Å². The fourth-order valence-electron chi connectivity index (χ4n) is 1.97. The number of nitriles is 1. The highest BCUT2D eigenvalue weighted by molar-refractivity contribution is 5.86. The zero-order chi connectivity index (χ0) is 15.8. The van der Waals surface area contributed by atoms with Gasteiger partial charge in [0, 0.05) is 13.1 Å². The van der Waals surface area contributed by atoms with Gasteiger partial charge in [0.25, 0.3) is 0 Å². The third-order valence-corrected chi connectivity index (χ3v) is 3.33. The van der Waals surface area contributed by atoms with Gasteiger partial charge in [-0.2, -0.15) is 5.26 Å². The van der Waals surface area contributed by atoms with E-state index in [9.17, 15) is 14.7 Å². The van der Waals surface area contributed by atoms with Crippen molar-refractivity contribution < 1.29 is 14.7 Å². The minimum Gasteiger partial charge on any atom is -0.480 e. The molecule has 0 aliphatic carbocycles. The molecule has 6 nitrogen and oxygen atoms in total. The lowest BCUT2D eigenvalue weighted by Crippen LogP contribution is -2.57. The summed E-state index contributed by atoms with van der Waals surface area (Å²) in [4.78, 5) is 25.2. The van der Waals surface area contributed by atoms with Crippen molar-refractivity contribution in [3.05, 3.63) is 0 Å². The van der Waals surface area contributed by atoms with E-state index in [-0.39, 0.29) is 12.3 Å². The molecule has 6 heteroatoms. The first-order valence-electron chi connectivity index (χ1n) is 7.00. The van der Waals surface area contributed by atoms with Gasteiger partial charge in [-0.05, 0) is 18.8 Å². The molecule has 0 aromatic rings. The molecule has 0 spiro atoms. The van der Waals surface area contributed by atoms with Crippen molar-refractivity contribution in [1.82, 2.24) is 10.2 Å². The van der Waals surface area contributed by atoms with E-state index in [0.717, 1.165) is 0 Å². The summed E-state index contributed by atoms with van der Waals surface area (Å²) < 4.78 is 0. The van der Waals surface area contributed by atoms with Crippen LogP contribution in [0.3, 0.4) is 0 Å². The molecule has 0 saturated carbocycles. The highest BCUT2D eigenvalue weighted by Crippen LogP contribution is 2.16. The SMILES string of the molecule is CCC(CC)(NC(=O)N(CCC#N)CC(C)C)C(=O)O. The number of nitrogens with zero attached hydrogens (tertiary/aromatic N) is 2. The van der Waals surface area contributed by atoms with E-state index in [0.29, 0.717) is 25.9 Å². The molecule has 0 bridgehead atoms. The van der Waals surface area contributed by atoms with Gasteiger partial charge in [0.1, 0.15) is 5.54 Å². The predicted molar refractivity (Wildman–Crippen MR) is 76.1 cm³/mol. The Balaban J connectivity index is 4.96. The van der Waals surface area contributed by atoms with Crippen molar-refractivity contribution in [2.24, 2.45) is 5.92 Å². The van der Waals surface area contributed by atoms with Crippen LogP contribution in [-0.4, -0.2) is 40.6 Å². The van der Waals surface area contributed by atoms with Crippen LogP contribution in [0.15, 0.2) is 0 Å². The number of carboxylic acids is 1. The van der Waals surface area contributed by atoms with E-state index >= 15 is 0 Å². The summed E-state index contributed by atoms with van der Waals surface area (Å²) in [6, 6.07) is 1.59. The Bertz CT molecular complexity index is 370. The molecule has 0 rings (SSSR count). The molecule has 0 aliphatic rings. The Morgan fingerprint density at radius 2 is 1.90 bits per heavy atom. The lowest BCUT2D eigenvalue weighted by molar-refractivity contribution is -0.144. The molecule has 0 atom stereocenters. The van der Waals surface area contributed by atoms with Crippen molar-refractivity contribution in [3.8, 4) is 6.07 Å². The number of nitrogens with one attached hydrogen (secondary N) is 1. The molecule has 0 unspecified atom stereocenters. The highest BCUT2D eigenvalue weighted by Gasteiger charge is 2.37. The van der Waals surface area contributed by atoms with E-state index in [2.05, 4.69) is 5.32 Å². The number of hydrogen-bond acceptors (Lipinski definition) is 3. The van der Waals surface area contributed by atoms with Gasteiger partial charge in [-0.15, -0.1) is 0 Å². The fraction of sp³-hybridized carbons (Fsp3) is 0.786. The Morgan fingerprint density at radius 3 is 2.25 bits per heavy atom. The Hall–Kier alpha value is -1.77. The third-order valence-electron chi connectivity index (χ3n) is 3.33. The fourth-order valence-corrected chi connectivity index (χ4v) is 1.97. The third kappa shape index (κ3) is 5.08. The average molecular weight is 283 g/mol. The largest absolute Gasteiger partial charge is 0.480 e. The Labute approximate surface area is 120 Å². The zero-order valence-corrected chi connectivity index (χ0v) is 12.8. The molecule has 114 valence electrons. The number of aliphatic carboxylic acids is 1. The van der Waals surface area contributed by atoms with E-state index in [4.69, 9.17) is 5.26 Å². The number of carbonyl (C=O) groups excluding carboxylic acids is 1. The normalized spacial score (nSPS) is 11.0. The second-order valence-corrected chi connectivity index (χ2v) is 5.27. The standard InChI is InChI=1S/C14H25N3O3/c1-5-14(6-2,12(18)19)16-13(20)17(9-7-8-15)10-11(3)4/h11H,5-7,9-10H2,1-4H3,(H,16,20)(H,18,19). The van der Waals surface area contributed by atoms with Gasteiger partial charge in [0.2, 0.25) is 0 Å². The molecule has 0 heterocycles. The molecule has 0 saturated heterocycles. The highest BCUT2D eigenvalue weighted by atomic mass is 16.4. The first kappa shape index (κ1) is 18.2. The smallest absolute Gasteiger partial charge is 0.329 e. The number of urea groups is 1.